The molecule has 0 saturated carbocycles. The summed E-state index contributed by atoms with van der Waals surface area (Å²) in [7, 11) is 2.11. The van der Waals surface area contributed by atoms with Gasteiger partial charge in [0, 0.05) is 10.1 Å². The lowest BCUT2D eigenvalue weighted by molar-refractivity contribution is 0.285. The van der Waals surface area contributed by atoms with Crippen LogP contribution in [-0.4, -0.2) is 11.9 Å². The molecule has 17 heavy (non-hydrogen) atoms. The first-order valence-corrected chi connectivity index (χ1v) is 6.69. The lowest BCUT2D eigenvalue weighted by Crippen LogP contribution is -2.16. The van der Waals surface area contributed by atoms with E-state index in [9.17, 15) is 0 Å². The minimum Gasteiger partial charge on any atom is -0.465 e. The highest BCUT2D eigenvalue weighted by molar-refractivity contribution is 14.1. The second kappa shape index (κ2) is 5.69. The number of aryl methyl sites for hydroxylation is 1. The molecule has 0 unspecified atom stereocenters. The number of hydrogen-bond donors (Lipinski definition) is 0. The van der Waals surface area contributed by atoms with Crippen molar-refractivity contribution in [3.63, 3.8) is 0 Å². The Morgan fingerprint density at radius 3 is 2.35 bits per heavy atom. The maximum absolute atomic E-state index is 5.57. The average Bonchev–Trinajstić information content (AvgIpc) is 2.67. The van der Waals surface area contributed by atoms with E-state index in [0.717, 1.165) is 24.6 Å². The summed E-state index contributed by atoms with van der Waals surface area (Å²) in [6, 6.07) is 12.7. The highest BCUT2D eigenvalue weighted by Crippen LogP contribution is 2.12. The molecular formula is C14H16INO. The van der Waals surface area contributed by atoms with E-state index in [0.29, 0.717) is 0 Å². The van der Waals surface area contributed by atoms with Gasteiger partial charge >= 0.3 is 0 Å². The van der Waals surface area contributed by atoms with Gasteiger partial charge in [0.2, 0.25) is 0 Å². The minimum atomic E-state index is 0.847. The molecule has 0 fully saturated rings. The van der Waals surface area contributed by atoms with Crippen molar-refractivity contribution >= 4 is 22.6 Å². The van der Waals surface area contributed by atoms with Crippen molar-refractivity contribution in [3.8, 4) is 0 Å². The van der Waals surface area contributed by atoms with E-state index in [-0.39, 0.29) is 0 Å². The average molecular weight is 341 g/mol. The summed E-state index contributed by atoms with van der Waals surface area (Å²) < 4.78 is 6.84. The number of furan rings is 1. The van der Waals surface area contributed by atoms with E-state index in [1.54, 1.807) is 0 Å². The quantitative estimate of drug-likeness (QED) is 0.786. The molecule has 90 valence electrons. The van der Waals surface area contributed by atoms with Crippen molar-refractivity contribution in [2.24, 2.45) is 0 Å². The molecule has 0 radical (unpaired) electrons. The van der Waals surface area contributed by atoms with Crippen molar-refractivity contribution in [3.05, 3.63) is 57.1 Å². The Kier molecular flexibility index (Phi) is 4.23. The van der Waals surface area contributed by atoms with Crippen LogP contribution in [0.5, 0.6) is 0 Å². The van der Waals surface area contributed by atoms with Gasteiger partial charge in [-0.15, -0.1) is 0 Å². The first-order valence-electron chi connectivity index (χ1n) is 5.62. The van der Waals surface area contributed by atoms with Gasteiger partial charge in [0.1, 0.15) is 11.5 Å². The molecule has 1 heterocycles. The molecule has 3 heteroatoms. The second-order valence-electron chi connectivity index (χ2n) is 4.31. The normalized spacial score (nSPS) is 11.1. The number of benzene rings is 1. The smallest absolute Gasteiger partial charge is 0.118 e. The zero-order chi connectivity index (χ0) is 12.3. The summed E-state index contributed by atoms with van der Waals surface area (Å²) in [4.78, 5) is 2.25. The topological polar surface area (TPSA) is 16.4 Å². The zero-order valence-corrected chi connectivity index (χ0v) is 12.3. The van der Waals surface area contributed by atoms with Gasteiger partial charge in [0.05, 0.1) is 6.54 Å². The van der Waals surface area contributed by atoms with E-state index < -0.39 is 0 Å². The Morgan fingerprint density at radius 1 is 1.06 bits per heavy atom. The van der Waals surface area contributed by atoms with Gasteiger partial charge in [0.25, 0.3) is 0 Å². The van der Waals surface area contributed by atoms with Crippen LogP contribution in [0.2, 0.25) is 0 Å². The first-order chi connectivity index (χ1) is 8.13. The molecule has 0 atom stereocenters. The molecule has 1 aromatic carbocycles. The van der Waals surface area contributed by atoms with Crippen LogP contribution in [-0.2, 0) is 13.1 Å². The highest BCUT2D eigenvalue weighted by atomic mass is 127. The molecule has 0 bridgehead atoms. The maximum atomic E-state index is 5.57. The molecule has 2 rings (SSSR count). The van der Waals surface area contributed by atoms with Gasteiger partial charge in [-0.3, -0.25) is 4.90 Å². The summed E-state index contributed by atoms with van der Waals surface area (Å²) in [6.45, 7) is 3.76. The van der Waals surface area contributed by atoms with Crippen LogP contribution in [0.4, 0.5) is 0 Å². The first kappa shape index (κ1) is 12.6. The maximum Gasteiger partial charge on any atom is 0.118 e. The molecule has 0 aliphatic heterocycles. The zero-order valence-electron chi connectivity index (χ0n) is 10.1. The minimum absolute atomic E-state index is 0.847. The van der Waals surface area contributed by atoms with Crippen molar-refractivity contribution in [1.29, 1.82) is 0 Å². The van der Waals surface area contributed by atoms with Crippen LogP contribution >= 0.6 is 22.6 Å². The monoisotopic (exact) mass is 341 g/mol. The third-order valence-corrected chi connectivity index (χ3v) is 3.31. The fourth-order valence-corrected chi connectivity index (χ4v) is 2.15. The standard InChI is InChI=1S/C14H16INO/c1-11-3-8-14(17-11)10-16(2)9-12-4-6-13(15)7-5-12/h3-8H,9-10H2,1-2H3. The Morgan fingerprint density at radius 2 is 1.76 bits per heavy atom. The van der Waals surface area contributed by atoms with E-state index in [1.165, 1.54) is 9.13 Å². The summed E-state index contributed by atoms with van der Waals surface area (Å²) in [5.74, 6) is 2.00. The van der Waals surface area contributed by atoms with Gasteiger partial charge < -0.3 is 4.42 Å². The molecule has 0 aliphatic rings. The number of halogens is 1. The lowest BCUT2D eigenvalue weighted by atomic mass is 10.2. The predicted octanol–water partition coefficient (Wildman–Crippen LogP) is 3.82. The summed E-state index contributed by atoms with van der Waals surface area (Å²) in [6.07, 6.45) is 0. The Bertz CT molecular complexity index is 475. The van der Waals surface area contributed by atoms with Gasteiger partial charge in [-0.05, 0) is 66.4 Å². The summed E-state index contributed by atoms with van der Waals surface area (Å²) in [5, 5.41) is 0. The molecule has 2 nitrogen and oxygen atoms in total. The second-order valence-corrected chi connectivity index (χ2v) is 5.56. The molecule has 0 N–H and O–H groups in total. The van der Waals surface area contributed by atoms with Crippen molar-refractivity contribution in [2.75, 3.05) is 7.05 Å². The van der Waals surface area contributed by atoms with Crippen LogP contribution < -0.4 is 0 Å². The van der Waals surface area contributed by atoms with Crippen molar-refractivity contribution in [1.82, 2.24) is 4.90 Å². The van der Waals surface area contributed by atoms with Crippen LogP contribution in [0.25, 0.3) is 0 Å². The van der Waals surface area contributed by atoms with Crippen LogP contribution in [0.15, 0.2) is 40.8 Å². The van der Waals surface area contributed by atoms with Gasteiger partial charge in [-0.25, -0.2) is 0 Å². The third kappa shape index (κ3) is 3.85. The predicted molar refractivity (Wildman–Crippen MR) is 77.8 cm³/mol. The van der Waals surface area contributed by atoms with Gasteiger partial charge in [-0.1, -0.05) is 12.1 Å². The van der Waals surface area contributed by atoms with Crippen molar-refractivity contribution in [2.45, 2.75) is 20.0 Å². The third-order valence-electron chi connectivity index (χ3n) is 2.59. The Balaban J connectivity index is 1.93. The van der Waals surface area contributed by atoms with Gasteiger partial charge in [0.15, 0.2) is 0 Å². The van der Waals surface area contributed by atoms with E-state index in [4.69, 9.17) is 4.42 Å². The fraction of sp³-hybridized carbons (Fsp3) is 0.286. The van der Waals surface area contributed by atoms with Gasteiger partial charge in [-0.2, -0.15) is 0 Å². The molecule has 0 amide bonds. The number of nitrogens with zero attached hydrogens (tertiary/aromatic N) is 1. The van der Waals surface area contributed by atoms with Crippen LogP contribution in [0, 0.1) is 10.5 Å². The molecule has 1 aromatic heterocycles. The lowest BCUT2D eigenvalue weighted by Gasteiger charge is -2.15. The number of rotatable bonds is 4. The van der Waals surface area contributed by atoms with E-state index >= 15 is 0 Å². The summed E-state index contributed by atoms with van der Waals surface area (Å²) >= 11 is 2.32. The van der Waals surface area contributed by atoms with E-state index in [1.807, 2.05) is 19.1 Å². The largest absolute Gasteiger partial charge is 0.465 e. The molecular weight excluding hydrogens is 325 g/mol. The van der Waals surface area contributed by atoms with E-state index in [2.05, 4.69) is 58.8 Å². The van der Waals surface area contributed by atoms with Crippen LogP contribution in [0.1, 0.15) is 17.1 Å². The SMILES string of the molecule is Cc1ccc(CN(C)Cc2ccc(I)cc2)o1. The Hall–Kier alpha value is -0.810. The van der Waals surface area contributed by atoms with Crippen molar-refractivity contribution < 1.29 is 4.42 Å². The number of hydrogen-bond acceptors (Lipinski definition) is 2. The summed E-state index contributed by atoms with van der Waals surface area (Å²) in [5.41, 5.74) is 1.33. The molecule has 0 saturated heterocycles. The molecule has 0 spiro atoms. The van der Waals surface area contributed by atoms with Crippen LogP contribution in [0.3, 0.4) is 0 Å². The molecule has 2 aromatic rings. The molecule has 0 aliphatic carbocycles. The fourth-order valence-electron chi connectivity index (χ4n) is 1.79. The Labute approximate surface area is 116 Å². The highest BCUT2D eigenvalue weighted by Gasteiger charge is 2.04.